The van der Waals surface area contributed by atoms with Crippen LogP contribution in [-0.2, 0) is 23.1 Å². The van der Waals surface area contributed by atoms with Gasteiger partial charge in [-0.25, -0.2) is 4.98 Å². The third kappa shape index (κ3) is 7.94. The number of fused-ring (bicyclic) bond motifs is 1. The van der Waals surface area contributed by atoms with E-state index in [-0.39, 0.29) is 41.8 Å². The first-order valence-corrected chi connectivity index (χ1v) is 12.1. The Labute approximate surface area is 200 Å². The summed E-state index contributed by atoms with van der Waals surface area (Å²) in [5, 5.41) is 19.3. The second-order valence-corrected chi connectivity index (χ2v) is 9.71. The topological polar surface area (TPSA) is 172 Å². The number of methoxy groups -OCH3 is 1. The molecule has 182 valence electrons. The van der Waals surface area contributed by atoms with E-state index < -0.39 is 25.9 Å². The Hall–Kier alpha value is -1.70. The summed E-state index contributed by atoms with van der Waals surface area (Å²) in [4.78, 5) is 23.9. The lowest BCUT2D eigenvalue weighted by molar-refractivity contribution is -0.119. The Kier molecular flexibility index (Phi) is 10.6. The van der Waals surface area contributed by atoms with Gasteiger partial charge in [-0.15, -0.1) is 9.05 Å². The molecule has 0 aliphatic carbocycles. The van der Waals surface area contributed by atoms with Gasteiger partial charge in [0.2, 0.25) is 5.28 Å². The summed E-state index contributed by atoms with van der Waals surface area (Å²) < 4.78 is 28.7. The van der Waals surface area contributed by atoms with E-state index in [1.54, 1.807) is 13.8 Å². The van der Waals surface area contributed by atoms with Crippen LogP contribution >= 0.6 is 31.6 Å². The number of thioether (sulfide) groups is 1. The molecule has 0 saturated carbocycles. The smallest absolute Gasteiger partial charge is 0.395 e. The molecule has 0 saturated heterocycles. The van der Waals surface area contributed by atoms with Crippen LogP contribution in [0.15, 0.2) is 12.4 Å². The first-order chi connectivity index (χ1) is 15.6. The molecule has 2 unspecified atom stereocenters. The Balaban J connectivity index is 1.82. The van der Waals surface area contributed by atoms with Gasteiger partial charge in [0.1, 0.15) is 31.7 Å². The van der Waals surface area contributed by atoms with Crippen LogP contribution in [-0.4, -0.2) is 79.7 Å². The van der Waals surface area contributed by atoms with E-state index in [9.17, 15) is 19.6 Å². The minimum atomic E-state index is -2.48. The monoisotopic (exact) mass is 522 g/mol. The highest BCUT2D eigenvalue weighted by atomic mass is 35.5. The minimum Gasteiger partial charge on any atom is -0.395 e. The van der Waals surface area contributed by atoms with E-state index in [1.165, 1.54) is 30.3 Å². The maximum atomic E-state index is 11.9. The molecule has 15 heteroatoms. The lowest BCUT2D eigenvalue weighted by Gasteiger charge is -2.18. The molecular formula is C18H26ClN5O7PS+. The number of anilines is 1. The van der Waals surface area contributed by atoms with Gasteiger partial charge in [-0.2, -0.15) is 9.97 Å². The van der Waals surface area contributed by atoms with Gasteiger partial charge in [-0.3, -0.25) is 9.36 Å². The van der Waals surface area contributed by atoms with Crippen molar-refractivity contribution in [3.05, 3.63) is 17.7 Å². The largest absolute Gasteiger partial charge is 0.697 e. The molecule has 0 aliphatic rings. The van der Waals surface area contributed by atoms with Gasteiger partial charge in [0.15, 0.2) is 22.1 Å². The van der Waals surface area contributed by atoms with Crippen molar-refractivity contribution < 1.29 is 33.4 Å². The summed E-state index contributed by atoms with van der Waals surface area (Å²) in [7, 11) is -1.12. The summed E-state index contributed by atoms with van der Waals surface area (Å²) in [6.07, 6.45) is 2.36. The molecule has 2 aromatic rings. The second-order valence-electron chi connectivity index (χ2n) is 7.34. The Morgan fingerprint density at radius 2 is 2.15 bits per heavy atom. The lowest BCUT2D eigenvalue weighted by atomic mass is 9.97. The van der Waals surface area contributed by atoms with Crippen LogP contribution in [0.4, 0.5) is 5.82 Å². The van der Waals surface area contributed by atoms with E-state index in [2.05, 4.69) is 15.0 Å². The van der Waals surface area contributed by atoms with Crippen LogP contribution in [0.5, 0.6) is 0 Å². The average Bonchev–Trinajstić information content (AvgIpc) is 3.18. The van der Waals surface area contributed by atoms with Crippen LogP contribution in [0.1, 0.15) is 13.8 Å². The van der Waals surface area contributed by atoms with Crippen molar-refractivity contribution in [2.24, 2.45) is 5.41 Å². The average molecular weight is 523 g/mol. The molecule has 2 heterocycles. The molecule has 0 spiro atoms. The molecule has 0 aromatic carbocycles. The van der Waals surface area contributed by atoms with E-state index in [0.29, 0.717) is 11.2 Å². The van der Waals surface area contributed by atoms with Crippen molar-refractivity contribution in [2.75, 3.05) is 38.4 Å². The van der Waals surface area contributed by atoms with Crippen LogP contribution in [0.2, 0.25) is 5.28 Å². The maximum absolute atomic E-state index is 11.9. The quantitative estimate of drug-likeness (QED) is 0.198. The number of carbonyl (C=O) groups excluding carboxylic acids is 1. The third-order valence-corrected chi connectivity index (χ3v) is 6.46. The zero-order valence-electron chi connectivity index (χ0n) is 18.3. The normalized spacial score (nSPS) is 14.7. The Bertz CT molecular complexity index is 1010. The SMILES string of the molecule is COC(CO[P+](=O)OCCSC(=O)C(C)(C)CO)[C@H](O)/C=C/n1cnc2c(N)nc(Cl)nc21. The number of ether oxygens (including phenoxy) is 1. The number of imidazole rings is 1. The van der Waals surface area contributed by atoms with Gasteiger partial charge in [0.05, 0.1) is 12.0 Å². The number of hydrogen-bond acceptors (Lipinski definition) is 12. The van der Waals surface area contributed by atoms with Gasteiger partial charge in [0.25, 0.3) is 0 Å². The number of carbonyl (C=O) groups is 1. The predicted octanol–water partition coefficient (Wildman–Crippen LogP) is 1.88. The fraction of sp³-hybridized carbons (Fsp3) is 0.556. The van der Waals surface area contributed by atoms with Crippen molar-refractivity contribution in [1.29, 1.82) is 0 Å². The van der Waals surface area contributed by atoms with E-state index in [0.717, 1.165) is 11.8 Å². The molecule has 2 rings (SSSR count). The Morgan fingerprint density at radius 1 is 1.42 bits per heavy atom. The molecule has 0 amide bonds. The van der Waals surface area contributed by atoms with E-state index >= 15 is 0 Å². The highest BCUT2D eigenvalue weighted by Crippen LogP contribution is 2.27. The number of rotatable bonds is 13. The number of halogens is 1. The van der Waals surface area contributed by atoms with Crippen LogP contribution in [0.25, 0.3) is 17.4 Å². The molecule has 0 aliphatic heterocycles. The van der Waals surface area contributed by atoms with Crippen molar-refractivity contribution in [1.82, 2.24) is 19.5 Å². The number of nitrogens with two attached hydrogens (primary N) is 1. The molecule has 2 aromatic heterocycles. The predicted molar refractivity (Wildman–Crippen MR) is 125 cm³/mol. The van der Waals surface area contributed by atoms with Crippen molar-refractivity contribution in [2.45, 2.75) is 26.1 Å². The van der Waals surface area contributed by atoms with Crippen molar-refractivity contribution in [3.8, 4) is 0 Å². The second kappa shape index (κ2) is 12.7. The molecule has 0 fully saturated rings. The summed E-state index contributed by atoms with van der Waals surface area (Å²) in [5.41, 5.74) is 5.62. The molecule has 0 radical (unpaired) electrons. The molecular weight excluding hydrogens is 497 g/mol. The highest BCUT2D eigenvalue weighted by molar-refractivity contribution is 8.13. The first-order valence-electron chi connectivity index (χ1n) is 9.65. The molecule has 0 bridgehead atoms. The zero-order valence-corrected chi connectivity index (χ0v) is 20.7. The molecule has 3 atom stereocenters. The van der Waals surface area contributed by atoms with Gasteiger partial charge in [-0.05, 0) is 31.5 Å². The van der Waals surface area contributed by atoms with Gasteiger partial charge in [-0.1, -0.05) is 11.8 Å². The van der Waals surface area contributed by atoms with Crippen molar-refractivity contribution >= 4 is 59.9 Å². The molecule has 4 N–H and O–H groups in total. The molecule has 12 nitrogen and oxygen atoms in total. The summed E-state index contributed by atoms with van der Waals surface area (Å²) in [5.74, 6) is 0.382. The fourth-order valence-corrected chi connectivity index (χ4v) is 3.99. The first kappa shape index (κ1) is 27.5. The van der Waals surface area contributed by atoms with Gasteiger partial charge >= 0.3 is 8.25 Å². The van der Waals surface area contributed by atoms with Crippen LogP contribution in [0, 0.1) is 5.41 Å². The van der Waals surface area contributed by atoms with Gasteiger partial charge in [0, 0.05) is 23.6 Å². The van der Waals surface area contributed by atoms with E-state index in [4.69, 9.17) is 31.1 Å². The fourth-order valence-electron chi connectivity index (χ4n) is 2.31. The maximum Gasteiger partial charge on any atom is 0.697 e. The summed E-state index contributed by atoms with van der Waals surface area (Å²) in [6.45, 7) is 2.79. The number of aliphatic hydroxyl groups excluding tert-OH is 2. The number of aromatic nitrogens is 4. The highest BCUT2D eigenvalue weighted by Gasteiger charge is 2.29. The Morgan fingerprint density at radius 3 is 2.82 bits per heavy atom. The van der Waals surface area contributed by atoms with Gasteiger partial charge < -0.3 is 20.7 Å². The minimum absolute atomic E-state index is 0.00841. The number of hydrogen-bond donors (Lipinski definition) is 3. The number of nitrogens with zero attached hydrogens (tertiary/aromatic N) is 4. The molecule has 33 heavy (non-hydrogen) atoms. The van der Waals surface area contributed by atoms with Crippen LogP contribution in [0.3, 0.4) is 0 Å². The number of nitrogen functional groups attached to an aromatic ring is 1. The lowest BCUT2D eigenvalue weighted by Crippen LogP contribution is -2.30. The van der Waals surface area contributed by atoms with Crippen LogP contribution < -0.4 is 5.73 Å². The summed E-state index contributed by atoms with van der Waals surface area (Å²) >= 11 is 6.80. The zero-order chi connectivity index (χ0) is 24.6. The summed E-state index contributed by atoms with van der Waals surface area (Å²) in [6, 6.07) is 0. The number of aliphatic hydroxyl groups is 2. The van der Waals surface area contributed by atoms with Crippen molar-refractivity contribution in [3.63, 3.8) is 0 Å². The standard InChI is InChI=1S/C18H26ClN5O7PS/c1-18(2,9-25)16(27)33-7-6-30-32(28)31-8-12(29-3)11(26)4-5-24-10-21-13-14(20)22-17(19)23-15(13)24/h4-5,10-12,25-26H,6-9H2,1-3H3,(H2,20,22,23)/q+1/b5-4+/t11-,12?/m1/s1. The van der Waals surface area contributed by atoms with E-state index in [1.807, 2.05) is 0 Å². The third-order valence-electron chi connectivity index (χ3n) is 4.35.